The Hall–Kier alpha value is -1.40. The maximum atomic E-state index is 13.2. The molecule has 2 rings (SSSR count). The van der Waals surface area contributed by atoms with Gasteiger partial charge in [0.1, 0.15) is 5.82 Å². The zero-order chi connectivity index (χ0) is 12.3. The molecule has 1 atom stereocenters. The number of aryl methyl sites for hydroxylation is 1. The van der Waals surface area contributed by atoms with Gasteiger partial charge in [-0.05, 0) is 50.0 Å². The highest BCUT2D eigenvalue weighted by atomic mass is 19.1. The van der Waals surface area contributed by atoms with E-state index >= 15 is 0 Å². The fraction of sp³-hybridized carbons (Fsp3) is 0.500. The SMILES string of the molecule is Cc1cc(C(C#N)CN2CCCC2)ccc1F. The monoisotopic (exact) mass is 232 g/mol. The number of hydrogen-bond acceptors (Lipinski definition) is 2. The molecule has 0 radical (unpaired) electrons. The van der Waals surface area contributed by atoms with E-state index in [1.165, 1.54) is 18.9 Å². The summed E-state index contributed by atoms with van der Waals surface area (Å²) in [6, 6.07) is 7.30. The molecule has 2 nitrogen and oxygen atoms in total. The minimum atomic E-state index is -0.202. The summed E-state index contributed by atoms with van der Waals surface area (Å²) in [5.74, 6) is -0.348. The van der Waals surface area contributed by atoms with Crippen LogP contribution in [0, 0.1) is 24.1 Å². The Kier molecular flexibility index (Phi) is 3.75. The molecular formula is C14H17FN2. The van der Waals surface area contributed by atoms with Crippen molar-refractivity contribution in [2.75, 3.05) is 19.6 Å². The molecule has 0 N–H and O–H groups in total. The Morgan fingerprint density at radius 3 is 2.71 bits per heavy atom. The van der Waals surface area contributed by atoms with Gasteiger partial charge in [0.2, 0.25) is 0 Å². The Balaban J connectivity index is 2.11. The van der Waals surface area contributed by atoms with Crippen molar-refractivity contribution in [3.8, 4) is 6.07 Å². The Morgan fingerprint density at radius 2 is 2.12 bits per heavy atom. The van der Waals surface area contributed by atoms with Crippen LogP contribution in [0.1, 0.15) is 29.9 Å². The zero-order valence-electron chi connectivity index (χ0n) is 10.1. The zero-order valence-corrected chi connectivity index (χ0v) is 10.1. The van der Waals surface area contributed by atoms with Gasteiger partial charge in [-0.25, -0.2) is 4.39 Å². The number of benzene rings is 1. The van der Waals surface area contributed by atoms with Crippen LogP contribution >= 0.6 is 0 Å². The average molecular weight is 232 g/mol. The Labute approximate surface area is 102 Å². The maximum absolute atomic E-state index is 13.2. The molecule has 0 saturated carbocycles. The molecule has 1 aromatic rings. The van der Waals surface area contributed by atoms with Crippen LogP contribution in [0.25, 0.3) is 0 Å². The van der Waals surface area contributed by atoms with Crippen LogP contribution in [0.2, 0.25) is 0 Å². The van der Waals surface area contributed by atoms with Crippen molar-refractivity contribution >= 4 is 0 Å². The van der Waals surface area contributed by atoms with Gasteiger partial charge in [0.15, 0.2) is 0 Å². The van der Waals surface area contributed by atoms with Crippen molar-refractivity contribution in [3.05, 3.63) is 35.1 Å². The van der Waals surface area contributed by atoms with Crippen LogP contribution < -0.4 is 0 Å². The third-order valence-corrected chi connectivity index (χ3v) is 3.38. The molecule has 1 aromatic carbocycles. The van der Waals surface area contributed by atoms with Crippen molar-refractivity contribution in [1.82, 2.24) is 4.90 Å². The standard InChI is InChI=1S/C14H17FN2/c1-11-8-12(4-5-14(11)15)13(9-16)10-17-6-2-3-7-17/h4-5,8,13H,2-3,6-7,10H2,1H3. The smallest absolute Gasteiger partial charge is 0.126 e. The molecule has 0 aromatic heterocycles. The number of nitriles is 1. The van der Waals surface area contributed by atoms with Crippen LogP contribution in [-0.2, 0) is 0 Å². The average Bonchev–Trinajstić information content (AvgIpc) is 2.82. The minimum absolute atomic E-state index is 0.146. The first-order valence-corrected chi connectivity index (χ1v) is 6.08. The van der Waals surface area contributed by atoms with Crippen LogP contribution in [0.3, 0.4) is 0 Å². The van der Waals surface area contributed by atoms with Gasteiger partial charge in [-0.15, -0.1) is 0 Å². The summed E-state index contributed by atoms with van der Waals surface area (Å²) in [7, 11) is 0. The molecule has 1 heterocycles. The van der Waals surface area contributed by atoms with Crippen molar-refractivity contribution < 1.29 is 4.39 Å². The van der Waals surface area contributed by atoms with E-state index in [0.717, 1.165) is 25.2 Å². The normalized spacial score (nSPS) is 17.9. The van der Waals surface area contributed by atoms with E-state index in [9.17, 15) is 9.65 Å². The van der Waals surface area contributed by atoms with Gasteiger partial charge in [-0.1, -0.05) is 12.1 Å². The van der Waals surface area contributed by atoms with Crippen LogP contribution in [-0.4, -0.2) is 24.5 Å². The number of hydrogen-bond donors (Lipinski definition) is 0. The first-order chi connectivity index (χ1) is 8.20. The van der Waals surface area contributed by atoms with Crippen molar-refractivity contribution in [1.29, 1.82) is 5.26 Å². The molecule has 1 fully saturated rings. The lowest BCUT2D eigenvalue weighted by Gasteiger charge is -2.19. The molecule has 3 heteroatoms. The molecule has 1 aliphatic rings. The van der Waals surface area contributed by atoms with Gasteiger partial charge in [0, 0.05) is 6.54 Å². The summed E-state index contributed by atoms with van der Waals surface area (Å²) in [5, 5.41) is 9.23. The second-order valence-corrected chi connectivity index (χ2v) is 4.70. The molecule has 1 aliphatic heterocycles. The van der Waals surface area contributed by atoms with E-state index in [4.69, 9.17) is 0 Å². The van der Waals surface area contributed by atoms with Crippen molar-refractivity contribution in [2.24, 2.45) is 0 Å². The van der Waals surface area contributed by atoms with Gasteiger partial charge in [-0.3, -0.25) is 0 Å². The number of likely N-dealkylation sites (tertiary alicyclic amines) is 1. The topological polar surface area (TPSA) is 27.0 Å². The molecule has 1 unspecified atom stereocenters. The molecule has 17 heavy (non-hydrogen) atoms. The molecule has 1 saturated heterocycles. The summed E-state index contributed by atoms with van der Waals surface area (Å²) < 4.78 is 13.2. The van der Waals surface area contributed by atoms with Gasteiger partial charge >= 0.3 is 0 Å². The first kappa shape index (κ1) is 12.1. The van der Waals surface area contributed by atoms with E-state index in [2.05, 4.69) is 11.0 Å². The van der Waals surface area contributed by atoms with E-state index in [1.807, 2.05) is 0 Å². The quantitative estimate of drug-likeness (QED) is 0.801. The number of halogens is 1. The summed E-state index contributed by atoms with van der Waals surface area (Å²) >= 11 is 0. The second kappa shape index (κ2) is 5.29. The third kappa shape index (κ3) is 2.83. The lowest BCUT2D eigenvalue weighted by Crippen LogP contribution is -2.25. The largest absolute Gasteiger partial charge is 0.302 e. The number of nitrogens with zero attached hydrogens (tertiary/aromatic N) is 2. The fourth-order valence-electron chi connectivity index (χ4n) is 2.33. The predicted octanol–water partition coefficient (Wildman–Crippen LogP) is 2.84. The highest BCUT2D eigenvalue weighted by Crippen LogP contribution is 2.21. The fourth-order valence-corrected chi connectivity index (χ4v) is 2.33. The van der Waals surface area contributed by atoms with Gasteiger partial charge in [0.25, 0.3) is 0 Å². The molecular weight excluding hydrogens is 215 g/mol. The van der Waals surface area contributed by atoms with E-state index < -0.39 is 0 Å². The Morgan fingerprint density at radius 1 is 1.41 bits per heavy atom. The third-order valence-electron chi connectivity index (χ3n) is 3.38. The Bertz CT molecular complexity index is 430. The van der Waals surface area contributed by atoms with Crippen molar-refractivity contribution in [2.45, 2.75) is 25.7 Å². The molecule has 0 spiro atoms. The van der Waals surface area contributed by atoms with E-state index in [0.29, 0.717) is 5.56 Å². The van der Waals surface area contributed by atoms with Crippen LogP contribution in [0.4, 0.5) is 4.39 Å². The lowest BCUT2D eigenvalue weighted by atomic mass is 9.98. The number of rotatable bonds is 3. The maximum Gasteiger partial charge on any atom is 0.126 e. The summed E-state index contributed by atoms with van der Waals surface area (Å²) in [5.41, 5.74) is 1.54. The van der Waals surface area contributed by atoms with Gasteiger partial charge in [0.05, 0.1) is 12.0 Å². The van der Waals surface area contributed by atoms with Crippen molar-refractivity contribution in [3.63, 3.8) is 0 Å². The van der Waals surface area contributed by atoms with Crippen LogP contribution in [0.5, 0.6) is 0 Å². The molecule has 0 amide bonds. The molecule has 90 valence electrons. The summed E-state index contributed by atoms with van der Waals surface area (Å²) in [6.07, 6.45) is 2.45. The van der Waals surface area contributed by atoms with E-state index in [-0.39, 0.29) is 11.7 Å². The van der Waals surface area contributed by atoms with Gasteiger partial charge in [-0.2, -0.15) is 5.26 Å². The summed E-state index contributed by atoms with van der Waals surface area (Å²) in [6.45, 7) is 4.67. The summed E-state index contributed by atoms with van der Waals surface area (Å²) in [4.78, 5) is 2.31. The minimum Gasteiger partial charge on any atom is -0.302 e. The highest BCUT2D eigenvalue weighted by Gasteiger charge is 2.19. The predicted molar refractivity (Wildman–Crippen MR) is 65.2 cm³/mol. The second-order valence-electron chi connectivity index (χ2n) is 4.70. The highest BCUT2D eigenvalue weighted by molar-refractivity contribution is 5.30. The van der Waals surface area contributed by atoms with Crippen LogP contribution in [0.15, 0.2) is 18.2 Å². The molecule has 0 bridgehead atoms. The van der Waals surface area contributed by atoms with E-state index in [1.54, 1.807) is 19.1 Å². The molecule has 0 aliphatic carbocycles. The first-order valence-electron chi connectivity index (χ1n) is 6.08. The van der Waals surface area contributed by atoms with Gasteiger partial charge < -0.3 is 4.90 Å². The lowest BCUT2D eigenvalue weighted by molar-refractivity contribution is 0.332.